The number of rotatable bonds is 2. The number of benzene rings is 2. The summed E-state index contributed by atoms with van der Waals surface area (Å²) in [7, 11) is 0. The lowest BCUT2D eigenvalue weighted by atomic mass is 10.3. The largest absolute Gasteiger partial charge is 0.316 e. The van der Waals surface area contributed by atoms with Gasteiger partial charge in [-0.15, -0.1) is 0 Å². The van der Waals surface area contributed by atoms with E-state index in [4.69, 9.17) is 69.6 Å². The number of amides is 2. The smallest absolute Gasteiger partial charge is 0.314 e. The molecule has 126 valence electrons. The van der Waals surface area contributed by atoms with E-state index in [-0.39, 0.29) is 41.5 Å². The SMILES string of the molecule is O=C(Nc1cc(Cl)c(Cl)cc1Cl)C(=O)Nc1cc(Cl)c(Cl)cc1Cl. The number of hydrogen-bond acceptors (Lipinski definition) is 2. The van der Waals surface area contributed by atoms with Crippen LogP contribution in [0.5, 0.6) is 0 Å². The van der Waals surface area contributed by atoms with Crippen molar-refractivity contribution >= 4 is 92.8 Å². The van der Waals surface area contributed by atoms with E-state index in [1.54, 1.807) is 0 Å². The maximum absolute atomic E-state index is 12.0. The minimum absolute atomic E-state index is 0.123. The minimum Gasteiger partial charge on any atom is -0.316 e. The second-order valence-corrected chi connectivity index (χ2v) is 6.84. The Morgan fingerprint density at radius 3 is 1.17 bits per heavy atom. The van der Waals surface area contributed by atoms with E-state index in [2.05, 4.69) is 10.6 Å². The molecule has 4 nitrogen and oxygen atoms in total. The standard InChI is InChI=1S/C14H6Cl6N2O2/c15-5-1-9(19)11(3-7(5)17)21-13(23)14(24)22-12-4-8(18)6(16)2-10(12)20/h1-4H,(H,21,23)(H,22,24). The highest BCUT2D eigenvalue weighted by Gasteiger charge is 2.18. The van der Waals surface area contributed by atoms with Gasteiger partial charge in [-0.25, -0.2) is 0 Å². The van der Waals surface area contributed by atoms with Crippen LogP contribution in [-0.2, 0) is 9.59 Å². The topological polar surface area (TPSA) is 58.2 Å². The van der Waals surface area contributed by atoms with Crippen LogP contribution in [0.1, 0.15) is 0 Å². The lowest BCUT2D eigenvalue weighted by molar-refractivity contribution is -0.132. The molecule has 0 aliphatic heterocycles. The Hall–Kier alpha value is -0.880. The maximum atomic E-state index is 12.0. The van der Waals surface area contributed by atoms with E-state index in [0.717, 1.165) is 0 Å². The predicted molar refractivity (Wildman–Crippen MR) is 100 cm³/mol. The van der Waals surface area contributed by atoms with Gasteiger partial charge < -0.3 is 10.6 Å². The highest BCUT2D eigenvalue weighted by molar-refractivity contribution is 6.48. The molecule has 0 atom stereocenters. The molecule has 0 saturated heterocycles. The van der Waals surface area contributed by atoms with Crippen LogP contribution in [0.4, 0.5) is 11.4 Å². The quantitative estimate of drug-likeness (QED) is 0.427. The minimum atomic E-state index is -0.988. The third kappa shape index (κ3) is 4.60. The number of halogens is 6. The van der Waals surface area contributed by atoms with E-state index < -0.39 is 11.8 Å². The van der Waals surface area contributed by atoms with Crippen molar-refractivity contribution in [2.45, 2.75) is 0 Å². The lowest BCUT2D eigenvalue weighted by Crippen LogP contribution is -2.29. The fraction of sp³-hybridized carbons (Fsp3) is 0. The summed E-state index contributed by atoms with van der Waals surface area (Å²) in [6.45, 7) is 0. The molecule has 2 N–H and O–H groups in total. The second kappa shape index (κ2) is 8.00. The zero-order valence-corrected chi connectivity index (χ0v) is 15.9. The van der Waals surface area contributed by atoms with Gasteiger partial charge in [0, 0.05) is 0 Å². The van der Waals surface area contributed by atoms with Crippen molar-refractivity contribution in [3.05, 3.63) is 54.4 Å². The Morgan fingerprint density at radius 1 is 0.542 bits per heavy atom. The summed E-state index contributed by atoms with van der Waals surface area (Å²) in [6.07, 6.45) is 0. The van der Waals surface area contributed by atoms with Crippen molar-refractivity contribution in [1.82, 2.24) is 0 Å². The monoisotopic (exact) mass is 444 g/mol. The molecule has 0 bridgehead atoms. The molecule has 0 saturated carbocycles. The fourth-order valence-electron chi connectivity index (χ4n) is 1.59. The first-order chi connectivity index (χ1) is 11.2. The summed E-state index contributed by atoms with van der Waals surface area (Å²) in [4.78, 5) is 23.9. The van der Waals surface area contributed by atoms with Crippen molar-refractivity contribution in [3.63, 3.8) is 0 Å². The summed E-state index contributed by atoms with van der Waals surface area (Å²) < 4.78 is 0. The van der Waals surface area contributed by atoms with Crippen LogP contribution in [-0.4, -0.2) is 11.8 Å². The second-order valence-electron chi connectivity index (χ2n) is 4.40. The third-order valence-corrected chi connectivity index (χ3v) is 4.79. The molecule has 2 amide bonds. The zero-order chi connectivity index (χ0) is 18.0. The van der Waals surface area contributed by atoms with Crippen LogP contribution in [0.15, 0.2) is 24.3 Å². The molecule has 0 radical (unpaired) electrons. The van der Waals surface area contributed by atoms with E-state index in [0.29, 0.717) is 0 Å². The molecule has 2 aromatic carbocycles. The Balaban J connectivity index is 2.15. The zero-order valence-electron chi connectivity index (χ0n) is 11.4. The first kappa shape index (κ1) is 19.4. The van der Waals surface area contributed by atoms with Crippen LogP contribution in [0.2, 0.25) is 30.1 Å². The van der Waals surface area contributed by atoms with Crippen molar-refractivity contribution in [2.24, 2.45) is 0 Å². The van der Waals surface area contributed by atoms with Gasteiger partial charge in [-0.2, -0.15) is 0 Å². The molecule has 0 unspecified atom stereocenters. The molecule has 10 heteroatoms. The first-order valence-electron chi connectivity index (χ1n) is 6.10. The van der Waals surface area contributed by atoms with Gasteiger partial charge in [0.2, 0.25) is 0 Å². The van der Waals surface area contributed by atoms with Gasteiger partial charge in [-0.3, -0.25) is 9.59 Å². The van der Waals surface area contributed by atoms with Crippen LogP contribution >= 0.6 is 69.6 Å². The lowest BCUT2D eigenvalue weighted by Gasteiger charge is -2.10. The van der Waals surface area contributed by atoms with Crippen molar-refractivity contribution in [1.29, 1.82) is 0 Å². The summed E-state index contributed by atoms with van der Waals surface area (Å²) >= 11 is 35.1. The molecule has 2 rings (SSSR count). The number of anilines is 2. The molecule has 0 aliphatic carbocycles. The number of carbonyl (C=O) groups excluding carboxylic acids is 2. The van der Waals surface area contributed by atoms with Gasteiger partial charge in [0.15, 0.2) is 0 Å². The predicted octanol–water partition coefficient (Wildman–Crippen LogP) is 6.18. The third-order valence-electron chi connectivity index (χ3n) is 2.72. The molecule has 0 spiro atoms. The summed E-state index contributed by atoms with van der Waals surface area (Å²) in [6, 6.07) is 5.33. The summed E-state index contributed by atoms with van der Waals surface area (Å²) in [5.74, 6) is -1.98. The Bertz CT molecular complexity index is 771. The molecule has 0 aromatic heterocycles. The molecule has 0 fully saturated rings. The first-order valence-corrected chi connectivity index (χ1v) is 8.37. The van der Waals surface area contributed by atoms with Gasteiger partial charge in [0.05, 0.1) is 41.5 Å². The normalized spacial score (nSPS) is 10.4. The highest BCUT2D eigenvalue weighted by Crippen LogP contribution is 2.33. The van der Waals surface area contributed by atoms with Gasteiger partial charge in [-0.05, 0) is 24.3 Å². The van der Waals surface area contributed by atoms with Crippen molar-refractivity contribution in [3.8, 4) is 0 Å². The average Bonchev–Trinajstić information content (AvgIpc) is 2.50. The fourth-order valence-corrected chi connectivity index (χ4v) is 2.78. The number of hydrogen-bond donors (Lipinski definition) is 2. The van der Waals surface area contributed by atoms with E-state index in [1.165, 1.54) is 24.3 Å². The summed E-state index contributed by atoms with van der Waals surface area (Å²) in [5, 5.41) is 5.65. The molecule has 24 heavy (non-hydrogen) atoms. The van der Waals surface area contributed by atoms with E-state index in [9.17, 15) is 9.59 Å². The molecular formula is C14H6Cl6N2O2. The van der Waals surface area contributed by atoms with Crippen molar-refractivity contribution in [2.75, 3.05) is 10.6 Å². The van der Waals surface area contributed by atoms with Gasteiger partial charge in [0.1, 0.15) is 0 Å². The van der Waals surface area contributed by atoms with Crippen LogP contribution in [0, 0.1) is 0 Å². The Labute approximate surface area is 166 Å². The van der Waals surface area contributed by atoms with Crippen LogP contribution in [0.25, 0.3) is 0 Å². The van der Waals surface area contributed by atoms with Gasteiger partial charge >= 0.3 is 11.8 Å². The average molecular weight is 447 g/mol. The van der Waals surface area contributed by atoms with E-state index >= 15 is 0 Å². The Morgan fingerprint density at radius 2 is 0.833 bits per heavy atom. The summed E-state index contributed by atoms with van der Waals surface area (Å²) in [5.41, 5.74) is 0.262. The maximum Gasteiger partial charge on any atom is 0.314 e. The molecule has 2 aromatic rings. The molecule has 0 aliphatic rings. The highest BCUT2D eigenvalue weighted by atomic mass is 35.5. The van der Waals surface area contributed by atoms with Crippen LogP contribution < -0.4 is 10.6 Å². The van der Waals surface area contributed by atoms with Crippen molar-refractivity contribution < 1.29 is 9.59 Å². The van der Waals surface area contributed by atoms with Gasteiger partial charge in [-0.1, -0.05) is 69.6 Å². The number of nitrogens with one attached hydrogen (secondary N) is 2. The molecule has 0 heterocycles. The number of carbonyl (C=O) groups is 2. The van der Waals surface area contributed by atoms with Gasteiger partial charge in [0.25, 0.3) is 0 Å². The Kier molecular flexibility index (Phi) is 6.48. The van der Waals surface area contributed by atoms with Crippen LogP contribution in [0.3, 0.4) is 0 Å². The molecular weight excluding hydrogens is 441 g/mol. The van der Waals surface area contributed by atoms with E-state index in [1.807, 2.05) is 0 Å².